The molecule has 1 aromatic heterocycles. The summed E-state index contributed by atoms with van der Waals surface area (Å²) < 4.78 is 2.00. The lowest BCUT2D eigenvalue weighted by atomic mass is 10.1. The Morgan fingerprint density at radius 2 is 2.00 bits per heavy atom. The monoisotopic (exact) mass is 403 g/mol. The molecule has 0 aliphatic heterocycles. The van der Waals surface area contributed by atoms with E-state index < -0.39 is 0 Å². The van der Waals surface area contributed by atoms with Gasteiger partial charge in [-0.25, -0.2) is 0 Å². The van der Waals surface area contributed by atoms with E-state index in [9.17, 15) is 4.79 Å². The molecule has 7 heteroatoms. The largest absolute Gasteiger partial charge is 0.352 e. The summed E-state index contributed by atoms with van der Waals surface area (Å²) in [6.07, 6.45) is 1.88. The molecule has 1 aromatic carbocycles. The molecule has 6 nitrogen and oxygen atoms in total. The Hall–Kier alpha value is -2.47. The topological polar surface area (TPSA) is 61.7 Å². The maximum Gasteiger partial charge on any atom is 0.251 e. The van der Waals surface area contributed by atoms with Crippen molar-refractivity contribution in [3.05, 3.63) is 58.4 Å². The Balaban J connectivity index is 2.00. The summed E-state index contributed by atoms with van der Waals surface area (Å²) in [5.41, 5.74) is 2.49. The Labute approximate surface area is 172 Å². The number of rotatable bonds is 5. The van der Waals surface area contributed by atoms with Crippen LogP contribution in [0.25, 0.3) is 0 Å². The van der Waals surface area contributed by atoms with Gasteiger partial charge < -0.3 is 20.1 Å². The van der Waals surface area contributed by atoms with E-state index in [-0.39, 0.29) is 11.4 Å². The minimum Gasteiger partial charge on any atom is -0.352 e. The fraction of sp³-hybridized carbons (Fsp3) is 0.429. The SMILES string of the molecule is CN=C(NCc1cccc(C(=O)NC(C)(C)C)c1)N(C)Cc1cc(Cl)cn1C. The minimum absolute atomic E-state index is 0.0727. The van der Waals surface area contributed by atoms with E-state index >= 15 is 0 Å². The Bertz CT molecular complexity index is 851. The van der Waals surface area contributed by atoms with Gasteiger partial charge in [0.2, 0.25) is 0 Å². The van der Waals surface area contributed by atoms with Crippen LogP contribution in [0.2, 0.25) is 5.02 Å². The van der Waals surface area contributed by atoms with Crippen LogP contribution in [0.5, 0.6) is 0 Å². The van der Waals surface area contributed by atoms with Gasteiger partial charge >= 0.3 is 0 Å². The van der Waals surface area contributed by atoms with Gasteiger partial charge in [0.1, 0.15) is 0 Å². The van der Waals surface area contributed by atoms with Gasteiger partial charge in [0, 0.05) is 50.7 Å². The standard InChI is InChI=1S/C21H30ClN5O/c1-21(2,3)25-19(28)16-9-7-8-15(10-16)12-24-20(23-4)27(6)14-18-11-17(22)13-26(18)5/h7-11,13H,12,14H2,1-6H3,(H,23,24)(H,25,28). The molecule has 0 atom stereocenters. The number of aromatic nitrogens is 1. The molecule has 0 spiro atoms. The molecule has 0 saturated heterocycles. The summed E-state index contributed by atoms with van der Waals surface area (Å²) in [5, 5.41) is 7.06. The van der Waals surface area contributed by atoms with E-state index in [0.29, 0.717) is 18.7 Å². The van der Waals surface area contributed by atoms with Crippen molar-refractivity contribution in [2.24, 2.45) is 12.0 Å². The lowest BCUT2D eigenvalue weighted by Gasteiger charge is -2.23. The van der Waals surface area contributed by atoms with Crippen molar-refractivity contribution in [3.8, 4) is 0 Å². The highest BCUT2D eigenvalue weighted by Crippen LogP contribution is 2.14. The van der Waals surface area contributed by atoms with Crippen molar-refractivity contribution in [2.75, 3.05) is 14.1 Å². The summed E-state index contributed by atoms with van der Waals surface area (Å²) in [6.45, 7) is 7.15. The predicted octanol–water partition coefficient (Wildman–Crippen LogP) is 3.41. The fourth-order valence-corrected chi connectivity index (χ4v) is 3.11. The smallest absolute Gasteiger partial charge is 0.251 e. The second-order valence-corrected chi connectivity index (χ2v) is 8.36. The minimum atomic E-state index is -0.268. The third-order valence-electron chi connectivity index (χ3n) is 4.18. The third-order valence-corrected chi connectivity index (χ3v) is 4.38. The second kappa shape index (κ2) is 9.15. The van der Waals surface area contributed by atoms with Crippen molar-refractivity contribution in [2.45, 2.75) is 39.4 Å². The summed E-state index contributed by atoms with van der Waals surface area (Å²) in [5.74, 6) is 0.693. The van der Waals surface area contributed by atoms with E-state index in [0.717, 1.165) is 22.2 Å². The van der Waals surface area contributed by atoms with Crippen LogP contribution in [0, 0.1) is 0 Å². The summed E-state index contributed by atoms with van der Waals surface area (Å²) in [7, 11) is 5.70. The summed E-state index contributed by atoms with van der Waals surface area (Å²) in [6, 6.07) is 9.56. The third kappa shape index (κ3) is 6.30. The molecule has 2 N–H and O–H groups in total. The number of guanidine groups is 1. The number of nitrogens with zero attached hydrogens (tertiary/aromatic N) is 3. The molecule has 0 radical (unpaired) electrons. The highest BCUT2D eigenvalue weighted by atomic mass is 35.5. The van der Waals surface area contributed by atoms with Crippen LogP contribution in [-0.2, 0) is 20.1 Å². The van der Waals surface area contributed by atoms with Crippen molar-refractivity contribution in [1.82, 2.24) is 20.1 Å². The van der Waals surface area contributed by atoms with E-state index in [1.54, 1.807) is 7.05 Å². The van der Waals surface area contributed by atoms with Gasteiger partial charge in [0.15, 0.2) is 5.96 Å². The van der Waals surface area contributed by atoms with Gasteiger partial charge in [-0.2, -0.15) is 0 Å². The van der Waals surface area contributed by atoms with Gasteiger partial charge in [-0.1, -0.05) is 23.7 Å². The lowest BCUT2D eigenvalue weighted by molar-refractivity contribution is 0.0919. The zero-order chi connectivity index (χ0) is 20.9. The predicted molar refractivity (Wildman–Crippen MR) is 116 cm³/mol. The molecule has 0 aliphatic carbocycles. The lowest BCUT2D eigenvalue weighted by Crippen LogP contribution is -2.40. The molecular weight excluding hydrogens is 374 g/mol. The Morgan fingerprint density at radius 3 is 2.57 bits per heavy atom. The quantitative estimate of drug-likeness (QED) is 0.594. The first-order valence-electron chi connectivity index (χ1n) is 9.23. The van der Waals surface area contributed by atoms with Gasteiger partial charge in [0.05, 0.1) is 11.6 Å². The van der Waals surface area contributed by atoms with Crippen LogP contribution in [0.15, 0.2) is 41.5 Å². The van der Waals surface area contributed by atoms with Crippen molar-refractivity contribution in [1.29, 1.82) is 0 Å². The maximum absolute atomic E-state index is 12.4. The molecular formula is C21H30ClN5O. The first-order chi connectivity index (χ1) is 13.1. The van der Waals surface area contributed by atoms with Crippen molar-refractivity contribution in [3.63, 3.8) is 0 Å². The molecule has 0 unspecified atom stereocenters. The molecule has 1 heterocycles. The maximum atomic E-state index is 12.4. The Morgan fingerprint density at radius 1 is 1.29 bits per heavy atom. The van der Waals surface area contributed by atoms with Gasteiger partial charge in [-0.05, 0) is 44.5 Å². The molecule has 0 aliphatic rings. The Kier molecular flexibility index (Phi) is 7.13. The first-order valence-corrected chi connectivity index (χ1v) is 9.61. The summed E-state index contributed by atoms with van der Waals surface area (Å²) in [4.78, 5) is 18.8. The summed E-state index contributed by atoms with van der Waals surface area (Å²) >= 11 is 6.07. The van der Waals surface area contributed by atoms with Crippen LogP contribution < -0.4 is 10.6 Å². The number of aliphatic imine (C=N–C) groups is 1. The molecule has 0 bridgehead atoms. The molecule has 152 valence electrons. The first kappa shape index (κ1) is 21.8. The van der Waals surface area contributed by atoms with Gasteiger partial charge in [0.25, 0.3) is 5.91 Å². The van der Waals surface area contributed by atoms with E-state index in [1.807, 2.05) is 80.9 Å². The molecule has 2 rings (SSSR count). The highest BCUT2D eigenvalue weighted by molar-refractivity contribution is 6.30. The number of hydrogen-bond donors (Lipinski definition) is 2. The number of aryl methyl sites for hydroxylation is 1. The highest BCUT2D eigenvalue weighted by Gasteiger charge is 2.15. The zero-order valence-corrected chi connectivity index (χ0v) is 18.3. The van der Waals surface area contributed by atoms with Crippen LogP contribution in [0.4, 0.5) is 0 Å². The van der Waals surface area contributed by atoms with E-state index in [1.165, 1.54) is 0 Å². The molecule has 0 saturated carbocycles. The number of hydrogen-bond acceptors (Lipinski definition) is 2. The zero-order valence-electron chi connectivity index (χ0n) is 17.5. The van der Waals surface area contributed by atoms with Crippen LogP contribution >= 0.6 is 11.6 Å². The average Bonchev–Trinajstić information content (AvgIpc) is 2.91. The number of amides is 1. The molecule has 1 amide bonds. The molecule has 2 aromatic rings. The van der Waals surface area contributed by atoms with Gasteiger partial charge in [-0.15, -0.1) is 0 Å². The van der Waals surface area contributed by atoms with Crippen molar-refractivity contribution >= 4 is 23.5 Å². The van der Waals surface area contributed by atoms with E-state index in [4.69, 9.17) is 11.6 Å². The fourth-order valence-electron chi connectivity index (χ4n) is 2.84. The molecule has 28 heavy (non-hydrogen) atoms. The van der Waals surface area contributed by atoms with Crippen LogP contribution in [0.1, 0.15) is 42.4 Å². The van der Waals surface area contributed by atoms with Crippen molar-refractivity contribution < 1.29 is 4.79 Å². The number of nitrogens with one attached hydrogen (secondary N) is 2. The van der Waals surface area contributed by atoms with Crippen LogP contribution in [0.3, 0.4) is 0 Å². The van der Waals surface area contributed by atoms with Gasteiger partial charge in [-0.3, -0.25) is 9.79 Å². The molecule has 0 fully saturated rings. The number of benzene rings is 1. The second-order valence-electron chi connectivity index (χ2n) is 7.92. The number of carbonyl (C=O) groups excluding carboxylic acids is 1. The normalized spacial score (nSPS) is 12.0. The van der Waals surface area contributed by atoms with E-state index in [2.05, 4.69) is 15.6 Å². The number of halogens is 1. The van der Waals surface area contributed by atoms with Crippen LogP contribution in [-0.4, -0.2) is 41.0 Å². The number of carbonyl (C=O) groups is 1. The average molecular weight is 404 g/mol.